The van der Waals surface area contributed by atoms with Crippen molar-refractivity contribution in [2.24, 2.45) is 0 Å². The highest BCUT2D eigenvalue weighted by atomic mass is 16.2. The van der Waals surface area contributed by atoms with Crippen molar-refractivity contribution in [1.82, 2.24) is 5.32 Å². The van der Waals surface area contributed by atoms with Crippen LogP contribution in [-0.4, -0.2) is 24.4 Å². The zero-order valence-corrected chi connectivity index (χ0v) is 13.9. The molecule has 0 unspecified atom stereocenters. The van der Waals surface area contributed by atoms with E-state index >= 15 is 0 Å². The topological polar surface area (TPSA) is 70.2 Å². The monoisotopic (exact) mass is 317 g/mol. The second-order valence-corrected chi connectivity index (χ2v) is 6.20. The zero-order chi connectivity index (χ0) is 16.5. The number of nitrogens with one attached hydrogen (secondary N) is 3. The van der Waals surface area contributed by atoms with Gasteiger partial charge in [0, 0.05) is 37.3 Å². The van der Waals surface area contributed by atoms with Gasteiger partial charge in [0.2, 0.25) is 11.8 Å². The Labute approximate surface area is 138 Å². The largest absolute Gasteiger partial charge is 0.326 e. The Morgan fingerprint density at radius 1 is 1.04 bits per heavy atom. The van der Waals surface area contributed by atoms with E-state index in [0.29, 0.717) is 30.4 Å². The minimum absolute atomic E-state index is 0.00824. The molecular weight excluding hydrogens is 290 g/mol. The molecule has 0 aliphatic heterocycles. The minimum Gasteiger partial charge on any atom is -0.326 e. The third kappa shape index (κ3) is 6.82. The smallest absolute Gasteiger partial charge is 0.225 e. The van der Waals surface area contributed by atoms with Gasteiger partial charge in [-0.2, -0.15) is 0 Å². The first-order valence-corrected chi connectivity index (χ1v) is 8.54. The molecule has 0 radical (unpaired) electrons. The minimum atomic E-state index is -0.124. The Hall–Kier alpha value is -1.88. The summed E-state index contributed by atoms with van der Waals surface area (Å²) in [7, 11) is 0. The summed E-state index contributed by atoms with van der Waals surface area (Å²) in [6, 6.07) is 7.75. The number of carbonyl (C=O) groups excluding carboxylic acids is 2. The van der Waals surface area contributed by atoms with E-state index in [1.807, 2.05) is 12.1 Å². The van der Waals surface area contributed by atoms with Crippen molar-refractivity contribution in [2.75, 3.05) is 17.2 Å². The molecule has 23 heavy (non-hydrogen) atoms. The van der Waals surface area contributed by atoms with Crippen molar-refractivity contribution in [3.05, 3.63) is 24.3 Å². The fourth-order valence-electron chi connectivity index (χ4n) is 2.97. The predicted octanol–water partition coefficient (Wildman–Crippen LogP) is 3.29. The molecule has 5 heteroatoms. The molecule has 1 aromatic rings. The predicted molar refractivity (Wildman–Crippen MR) is 93.5 cm³/mol. The van der Waals surface area contributed by atoms with Crippen LogP contribution in [0.15, 0.2) is 24.3 Å². The maximum absolute atomic E-state index is 12.0. The van der Waals surface area contributed by atoms with Crippen LogP contribution in [0.5, 0.6) is 0 Å². The number of amides is 2. The van der Waals surface area contributed by atoms with Gasteiger partial charge in [-0.15, -0.1) is 0 Å². The lowest BCUT2D eigenvalue weighted by atomic mass is 10.1. The maximum Gasteiger partial charge on any atom is 0.225 e. The normalized spacial score (nSPS) is 15.7. The van der Waals surface area contributed by atoms with Crippen LogP contribution >= 0.6 is 0 Å². The molecule has 1 fully saturated rings. The molecule has 0 heterocycles. The van der Waals surface area contributed by atoms with Crippen LogP contribution in [0.4, 0.5) is 11.4 Å². The molecule has 1 saturated carbocycles. The van der Waals surface area contributed by atoms with Crippen LogP contribution in [0.1, 0.15) is 51.9 Å². The highest BCUT2D eigenvalue weighted by molar-refractivity contribution is 5.93. The molecule has 2 rings (SSSR count). The number of rotatable bonds is 6. The molecule has 126 valence electrons. The highest BCUT2D eigenvalue weighted by Gasteiger charge is 2.12. The molecule has 1 aliphatic rings. The average molecular weight is 317 g/mol. The average Bonchev–Trinajstić information content (AvgIpc) is 2.75. The van der Waals surface area contributed by atoms with E-state index in [9.17, 15) is 9.59 Å². The second kappa shape index (κ2) is 9.30. The molecular formula is C18H27N3O2. The van der Waals surface area contributed by atoms with E-state index < -0.39 is 0 Å². The molecule has 0 saturated heterocycles. The Morgan fingerprint density at radius 2 is 1.70 bits per heavy atom. The highest BCUT2D eigenvalue weighted by Crippen LogP contribution is 2.17. The van der Waals surface area contributed by atoms with Crippen molar-refractivity contribution in [2.45, 2.75) is 57.9 Å². The van der Waals surface area contributed by atoms with Gasteiger partial charge in [-0.3, -0.25) is 9.59 Å². The third-order valence-electron chi connectivity index (χ3n) is 4.11. The number of anilines is 2. The van der Waals surface area contributed by atoms with E-state index in [0.717, 1.165) is 0 Å². The Bertz CT molecular complexity index is 523. The van der Waals surface area contributed by atoms with Crippen molar-refractivity contribution in [3.63, 3.8) is 0 Å². The molecule has 1 aromatic carbocycles. The third-order valence-corrected chi connectivity index (χ3v) is 4.11. The molecule has 0 atom stereocenters. The standard InChI is InChI=1S/C18H27N3O2/c1-14(22)20-16-9-6-10-17(13-16)21-18(23)11-12-19-15-7-4-2-3-5-8-15/h6,9-10,13,15,19H,2-5,7-8,11-12H2,1H3,(H,20,22)(H,21,23). The van der Waals surface area contributed by atoms with Crippen molar-refractivity contribution in [1.29, 1.82) is 0 Å². The summed E-state index contributed by atoms with van der Waals surface area (Å²) < 4.78 is 0. The molecule has 3 N–H and O–H groups in total. The summed E-state index contributed by atoms with van der Waals surface area (Å²) >= 11 is 0. The van der Waals surface area contributed by atoms with Crippen LogP contribution < -0.4 is 16.0 Å². The van der Waals surface area contributed by atoms with E-state index in [1.165, 1.54) is 45.4 Å². The fourth-order valence-corrected chi connectivity index (χ4v) is 2.97. The van der Waals surface area contributed by atoms with Crippen molar-refractivity contribution >= 4 is 23.2 Å². The van der Waals surface area contributed by atoms with Crippen LogP contribution in [0.25, 0.3) is 0 Å². The number of hydrogen-bond donors (Lipinski definition) is 3. The van der Waals surface area contributed by atoms with Gasteiger partial charge < -0.3 is 16.0 Å². The van der Waals surface area contributed by atoms with Gasteiger partial charge in [0.15, 0.2) is 0 Å². The SMILES string of the molecule is CC(=O)Nc1cccc(NC(=O)CCNC2CCCCCC2)c1. The number of hydrogen-bond acceptors (Lipinski definition) is 3. The van der Waals surface area contributed by atoms with E-state index in [4.69, 9.17) is 0 Å². The van der Waals surface area contributed by atoms with Crippen molar-refractivity contribution < 1.29 is 9.59 Å². The van der Waals surface area contributed by atoms with Crippen LogP contribution in [0.3, 0.4) is 0 Å². The summed E-state index contributed by atoms with van der Waals surface area (Å²) in [6.07, 6.45) is 8.16. The van der Waals surface area contributed by atoms with Crippen molar-refractivity contribution in [3.8, 4) is 0 Å². The zero-order valence-electron chi connectivity index (χ0n) is 13.9. The van der Waals surface area contributed by atoms with Gasteiger partial charge in [-0.25, -0.2) is 0 Å². The maximum atomic E-state index is 12.0. The van der Waals surface area contributed by atoms with Crippen LogP contribution in [0.2, 0.25) is 0 Å². The molecule has 0 spiro atoms. The summed E-state index contributed by atoms with van der Waals surface area (Å²) in [6.45, 7) is 2.17. The molecule has 0 bridgehead atoms. The van der Waals surface area contributed by atoms with Gasteiger partial charge in [0.05, 0.1) is 0 Å². The van der Waals surface area contributed by atoms with Gasteiger partial charge in [0.25, 0.3) is 0 Å². The van der Waals surface area contributed by atoms with E-state index in [-0.39, 0.29) is 11.8 Å². The summed E-state index contributed by atoms with van der Waals surface area (Å²) in [5, 5.41) is 9.08. The molecule has 1 aliphatic carbocycles. The van der Waals surface area contributed by atoms with Crippen LogP contribution in [0, 0.1) is 0 Å². The number of benzene rings is 1. The first-order valence-electron chi connectivity index (χ1n) is 8.54. The van der Waals surface area contributed by atoms with Crippen LogP contribution in [-0.2, 0) is 9.59 Å². The lowest BCUT2D eigenvalue weighted by Gasteiger charge is -2.16. The van der Waals surface area contributed by atoms with Gasteiger partial charge in [0.1, 0.15) is 0 Å². The van der Waals surface area contributed by atoms with Gasteiger partial charge in [-0.1, -0.05) is 31.7 Å². The van der Waals surface area contributed by atoms with Gasteiger partial charge in [-0.05, 0) is 31.0 Å². The lowest BCUT2D eigenvalue weighted by Crippen LogP contribution is -2.31. The van der Waals surface area contributed by atoms with E-state index in [2.05, 4.69) is 16.0 Å². The first kappa shape index (κ1) is 17.5. The lowest BCUT2D eigenvalue weighted by molar-refractivity contribution is -0.116. The second-order valence-electron chi connectivity index (χ2n) is 6.20. The Balaban J connectivity index is 1.72. The molecule has 5 nitrogen and oxygen atoms in total. The Kier molecular flexibility index (Phi) is 7.07. The van der Waals surface area contributed by atoms with Gasteiger partial charge >= 0.3 is 0 Å². The fraction of sp³-hybridized carbons (Fsp3) is 0.556. The quantitative estimate of drug-likeness (QED) is 0.705. The number of carbonyl (C=O) groups is 2. The molecule has 0 aromatic heterocycles. The molecule has 2 amide bonds. The first-order chi connectivity index (χ1) is 11.1. The summed E-state index contributed by atoms with van der Waals surface area (Å²) in [4.78, 5) is 23.1. The Morgan fingerprint density at radius 3 is 2.35 bits per heavy atom. The summed E-state index contributed by atoms with van der Waals surface area (Å²) in [5.41, 5.74) is 1.39. The summed E-state index contributed by atoms with van der Waals surface area (Å²) in [5.74, 6) is -0.132. The van der Waals surface area contributed by atoms with E-state index in [1.54, 1.807) is 12.1 Å².